The van der Waals surface area contributed by atoms with Gasteiger partial charge < -0.3 is 18.6 Å². The van der Waals surface area contributed by atoms with E-state index in [1.807, 2.05) is 0 Å². The van der Waals surface area contributed by atoms with Gasteiger partial charge in [-0.05, 0) is 30.5 Å². The van der Waals surface area contributed by atoms with Crippen LogP contribution in [-0.2, 0) is 26.2 Å². The van der Waals surface area contributed by atoms with Gasteiger partial charge in [0.25, 0.3) is 0 Å². The molecule has 0 aliphatic heterocycles. The van der Waals surface area contributed by atoms with Gasteiger partial charge in [0.05, 0.1) is 13.4 Å². The van der Waals surface area contributed by atoms with Crippen molar-refractivity contribution in [1.29, 1.82) is 0 Å². The van der Waals surface area contributed by atoms with Gasteiger partial charge in [-0.2, -0.15) is 8.42 Å². The van der Waals surface area contributed by atoms with Gasteiger partial charge in [-0.3, -0.25) is 4.79 Å². The van der Waals surface area contributed by atoms with E-state index in [4.69, 9.17) is 13.7 Å². The molecule has 128 valence electrons. The van der Waals surface area contributed by atoms with E-state index < -0.39 is 10.1 Å². The Balaban J connectivity index is 2.21. The van der Waals surface area contributed by atoms with Crippen molar-refractivity contribution < 1.29 is 26.9 Å². The van der Waals surface area contributed by atoms with E-state index in [9.17, 15) is 13.2 Å². The van der Waals surface area contributed by atoms with Gasteiger partial charge in [-0.25, -0.2) is 0 Å². The molecule has 0 radical (unpaired) electrons. The molecule has 2 rings (SSSR count). The number of benzene rings is 1. The summed E-state index contributed by atoms with van der Waals surface area (Å²) in [5.41, 5.74) is 0.765. The fourth-order valence-electron chi connectivity index (χ4n) is 2.26. The number of nitrogens with zero attached hydrogens (tertiary/aromatic N) is 1. The Bertz CT molecular complexity index is 669. The average molecular weight is 343 g/mol. The first-order chi connectivity index (χ1) is 10.8. The molecule has 0 N–H and O–H groups in total. The van der Waals surface area contributed by atoms with Crippen molar-refractivity contribution in [3.05, 3.63) is 23.8 Å². The highest BCUT2D eigenvalue weighted by Crippen LogP contribution is 2.32. The van der Waals surface area contributed by atoms with Crippen LogP contribution < -0.4 is 8.92 Å². The van der Waals surface area contributed by atoms with Crippen LogP contribution in [0.1, 0.15) is 18.4 Å². The standard InChI is InChI=1S/C15H21NO6S/c1-20-10-15(17)16(12-5-6-12)9-11-4-7-13(21-2)14(8-11)22-23(3,18)19/h4,7-8,12H,5-6,9-10H2,1-3H3. The monoisotopic (exact) mass is 343 g/mol. The molecule has 1 aliphatic carbocycles. The number of hydrogen-bond acceptors (Lipinski definition) is 6. The summed E-state index contributed by atoms with van der Waals surface area (Å²) in [5.74, 6) is 0.346. The zero-order valence-electron chi connectivity index (χ0n) is 13.4. The van der Waals surface area contributed by atoms with Crippen LogP contribution in [0, 0.1) is 0 Å². The lowest BCUT2D eigenvalue weighted by Gasteiger charge is -2.22. The maximum absolute atomic E-state index is 12.1. The summed E-state index contributed by atoms with van der Waals surface area (Å²) < 4.78 is 37.7. The zero-order chi connectivity index (χ0) is 17.0. The Kier molecular flexibility index (Phi) is 5.48. The molecular weight excluding hydrogens is 322 g/mol. The summed E-state index contributed by atoms with van der Waals surface area (Å²) >= 11 is 0. The predicted octanol–water partition coefficient (Wildman–Crippen LogP) is 1.17. The largest absolute Gasteiger partial charge is 0.493 e. The molecule has 0 spiro atoms. The maximum atomic E-state index is 12.1. The number of ether oxygens (including phenoxy) is 2. The fraction of sp³-hybridized carbons (Fsp3) is 0.533. The number of carbonyl (C=O) groups is 1. The quantitative estimate of drug-likeness (QED) is 0.659. The predicted molar refractivity (Wildman–Crippen MR) is 83.9 cm³/mol. The van der Waals surface area contributed by atoms with E-state index >= 15 is 0 Å². The lowest BCUT2D eigenvalue weighted by Crippen LogP contribution is -2.35. The molecule has 0 bridgehead atoms. The molecule has 0 atom stereocenters. The van der Waals surface area contributed by atoms with Crippen molar-refractivity contribution in [1.82, 2.24) is 4.90 Å². The maximum Gasteiger partial charge on any atom is 0.306 e. The molecule has 1 fully saturated rings. The van der Waals surface area contributed by atoms with Gasteiger partial charge in [-0.1, -0.05) is 6.07 Å². The summed E-state index contributed by atoms with van der Waals surface area (Å²) in [6.07, 6.45) is 2.91. The SMILES string of the molecule is COCC(=O)N(Cc1ccc(OC)c(OS(C)(=O)=O)c1)C1CC1. The van der Waals surface area contributed by atoms with Crippen molar-refractivity contribution in [2.45, 2.75) is 25.4 Å². The highest BCUT2D eigenvalue weighted by atomic mass is 32.2. The number of rotatable bonds is 8. The lowest BCUT2D eigenvalue weighted by molar-refractivity contribution is -0.136. The first-order valence-corrected chi connectivity index (χ1v) is 9.00. The molecule has 7 nitrogen and oxygen atoms in total. The van der Waals surface area contributed by atoms with E-state index in [-0.39, 0.29) is 24.3 Å². The summed E-state index contributed by atoms with van der Waals surface area (Å²) in [4.78, 5) is 13.9. The van der Waals surface area contributed by atoms with Gasteiger partial charge in [0.2, 0.25) is 5.91 Å². The number of methoxy groups -OCH3 is 2. The molecule has 1 saturated carbocycles. The van der Waals surface area contributed by atoms with Crippen molar-refractivity contribution >= 4 is 16.0 Å². The van der Waals surface area contributed by atoms with Gasteiger partial charge in [0.15, 0.2) is 11.5 Å². The molecule has 0 unspecified atom stereocenters. The highest BCUT2D eigenvalue weighted by Gasteiger charge is 2.32. The molecule has 0 saturated heterocycles. The van der Waals surface area contributed by atoms with E-state index in [0.717, 1.165) is 24.7 Å². The van der Waals surface area contributed by atoms with Gasteiger partial charge in [-0.15, -0.1) is 0 Å². The van der Waals surface area contributed by atoms with Crippen molar-refractivity contribution in [2.75, 3.05) is 27.1 Å². The molecule has 0 heterocycles. The third-order valence-corrected chi connectivity index (χ3v) is 3.88. The third-order valence-electron chi connectivity index (χ3n) is 3.40. The average Bonchev–Trinajstić information content (AvgIpc) is 3.28. The lowest BCUT2D eigenvalue weighted by atomic mass is 10.2. The first-order valence-electron chi connectivity index (χ1n) is 7.19. The van der Waals surface area contributed by atoms with Crippen LogP contribution >= 0.6 is 0 Å². The Morgan fingerprint density at radius 2 is 1.96 bits per heavy atom. The molecule has 0 aromatic heterocycles. The molecule has 23 heavy (non-hydrogen) atoms. The molecule has 1 aromatic carbocycles. The normalized spacial score (nSPS) is 14.4. The van der Waals surface area contributed by atoms with Gasteiger partial charge >= 0.3 is 10.1 Å². The second kappa shape index (κ2) is 7.18. The van der Waals surface area contributed by atoms with Crippen LogP contribution in [0.25, 0.3) is 0 Å². The molecule has 1 amide bonds. The number of amides is 1. The Labute approximate surface area is 136 Å². The van der Waals surface area contributed by atoms with Crippen LogP contribution in [0.3, 0.4) is 0 Å². The minimum atomic E-state index is -3.66. The van der Waals surface area contributed by atoms with Crippen LogP contribution in [-0.4, -0.2) is 52.3 Å². The van der Waals surface area contributed by atoms with Crippen molar-refractivity contribution in [2.24, 2.45) is 0 Å². The van der Waals surface area contributed by atoms with E-state index in [1.165, 1.54) is 14.2 Å². The van der Waals surface area contributed by atoms with Crippen molar-refractivity contribution in [3.8, 4) is 11.5 Å². The minimum absolute atomic E-state index is 0.0271. The van der Waals surface area contributed by atoms with E-state index in [1.54, 1.807) is 23.1 Å². The van der Waals surface area contributed by atoms with Gasteiger partial charge in [0, 0.05) is 19.7 Å². The summed E-state index contributed by atoms with van der Waals surface area (Å²) in [7, 11) is -0.751. The molecule has 8 heteroatoms. The van der Waals surface area contributed by atoms with Crippen molar-refractivity contribution in [3.63, 3.8) is 0 Å². The van der Waals surface area contributed by atoms with Gasteiger partial charge in [0.1, 0.15) is 6.61 Å². The van der Waals surface area contributed by atoms with Crippen LogP contribution in [0.4, 0.5) is 0 Å². The molecule has 1 aliphatic rings. The number of carbonyl (C=O) groups excluding carboxylic acids is 1. The van der Waals surface area contributed by atoms with Crippen LogP contribution in [0.15, 0.2) is 18.2 Å². The Morgan fingerprint density at radius 3 is 2.48 bits per heavy atom. The Morgan fingerprint density at radius 1 is 1.26 bits per heavy atom. The molecular formula is C15H21NO6S. The summed E-state index contributed by atoms with van der Waals surface area (Å²) in [6.45, 7) is 0.399. The summed E-state index contributed by atoms with van der Waals surface area (Å²) in [5, 5.41) is 0. The minimum Gasteiger partial charge on any atom is -0.493 e. The fourth-order valence-corrected chi connectivity index (χ4v) is 2.71. The smallest absolute Gasteiger partial charge is 0.306 e. The topological polar surface area (TPSA) is 82.1 Å². The van der Waals surface area contributed by atoms with Crippen LogP contribution in [0.5, 0.6) is 11.5 Å². The second-order valence-corrected chi connectivity index (χ2v) is 7.03. The second-order valence-electron chi connectivity index (χ2n) is 5.46. The summed E-state index contributed by atoms with van der Waals surface area (Å²) in [6, 6.07) is 5.21. The first kappa shape index (κ1) is 17.6. The Hall–Kier alpha value is -1.80. The molecule has 1 aromatic rings. The van der Waals surface area contributed by atoms with Crippen LogP contribution in [0.2, 0.25) is 0 Å². The van der Waals surface area contributed by atoms with E-state index in [2.05, 4.69) is 0 Å². The number of hydrogen-bond donors (Lipinski definition) is 0. The zero-order valence-corrected chi connectivity index (χ0v) is 14.3. The highest BCUT2D eigenvalue weighted by molar-refractivity contribution is 7.86. The van der Waals surface area contributed by atoms with E-state index in [0.29, 0.717) is 12.3 Å². The third kappa shape index (κ3) is 5.11.